The number of nitrogens with zero attached hydrogens (tertiary/aromatic N) is 2. The Kier molecular flexibility index (Phi) is 6.80. The molecule has 1 atom stereocenters. The van der Waals surface area contributed by atoms with Crippen molar-refractivity contribution in [3.63, 3.8) is 0 Å². The van der Waals surface area contributed by atoms with Crippen LogP contribution in [0.2, 0.25) is 0 Å². The highest BCUT2D eigenvalue weighted by Crippen LogP contribution is 2.21. The minimum atomic E-state index is -3.52. The Hall–Kier alpha value is -1.64. The minimum absolute atomic E-state index is 0.00619. The van der Waals surface area contributed by atoms with Crippen LogP contribution < -0.4 is 10.1 Å². The summed E-state index contributed by atoms with van der Waals surface area (Å²) in [5.74, 6) is 0.615. The second-order valence-electron chi connectivity index (χ2n) is 6.08. The first-order valence-corrected chi connectivity index (χ1v) is 10.00. The van der Waals surface area contributed by atoms with Gasteiger partial charge in [0.1, 0.15) is 5.75 Å². The molecule has 0 saturated carbocycles. The summed E-state index contributed by atoms with van der Waals surface area (Å²) in [6.07, 6.45) is 0.895. The van der Waals surface area contributed by atoms with E-state index < -0.39 is 10.0 Å². The summed E-state index contributed by atoms with van der Waals surface area (Å²) in [6.45, 7) is 6.35. The quantitative estimate of drug-likeness (QED) is 0.773. The van der Waals surface area contributed by atoms with E-state index in [4.69, 9.17) is 4.74 Å². The summed E-state index contributed by atoms with van der Waals surface area (Å²) in [5.41, 5.74) is 0. The third-order valence-corrected chi connectivity index (χ3v) is 6.36. The van der Waals surface area contributed by atoms with Gasteiger partial charge in [0.05, 0.1) is 18.0 Å². The van der Waals surface area contributed by atoms with Gasteiger partial charge < -0.3 is 10.1 Å². The molecule has 0 bridgehead atoms. The standard InChI is InChI=1S/C17H27N3O4S/c1-4-9-18-17(21)14(2)19-10-12-20(13-11-19)25(22,23)16-7-5-15(24-3)6-8-16/h5-8,14H,4,9-13H2,1-3H3,(H,18,21)/t14-/m1/s1. The van der Waals surface area contributed by atoms with E-state index in [0.29, 0.717) is 38.5 Å². The van der Waals surface area contributed by atoms with Crippen LogP contribution in [0.25, 0.3) is 0 Å². The molecule has 1 fully saturated rings. The molecule has 1 N–H and O–H groups in total. The Balaban J connectivity index is 1.97. The van der Waals surface area contributed by atoms with Crippen LogP contribution in [0.5, 0.6) is 5.75 Å². The van der Waals surface area contributed by atoms with E-state index in [1.807, 2.05) is 18.7 Å². The molecule has 1 aliphatic heterocycles. The zero-order chi connectivity index (χ0) is 18.4. The van der Waals surface area contributed by atoms with Crippen molar-refractivity contribution >= 4 is 15.9 Å². The Morgan fingerprint density at radius 2 is 1.80 bits per heavy atom. The van der Waals surface area contributed by atoms with Crippen LogP contribution in [0.3, 0.4) is 0 Å². The van der Waals surface area contributed by atoms with E-state index >= 15 is 0 Å². The fourth-order valence-electron chi connectivity index (χ4n) is 2.79. The summed E-state index contributed by atoms with van der Waals surface area (Å²) >= 11 is 0. The number of carbonyl (C=O) groups is 1. The number of ether oxygens (including phenoxy) is 1. The first-order chi connectivity index (χ1) is 11.9. The topological polar surface area (TPSA) is 79.0 Å². The molecule has 0 unspecified atom stereocenters. The SMILES string of the molecule is CCCNC(=O)[C@@H](C)N1CCN(S(=O)(=O)c2ccc(OC)cc2)CC1. The molecule has 0 aliphatic carbocycles. The molecule has 1 aliphatic rings. The molecule has 1 saturated heterocycles. The molecule has 1 aromatic rings. The monoisotopic (exact) mass is 369 g/mol. The fraction of sp³-hybridized carbons (Fsp3) is 0.588. The molecule has 140 valence electrons. The van der Waals surface area contributed by atoms with Crippen molar-refractivity contribution in [3.8, 4) is 5.75 Å². The molecule has 0 spiro atoms. The number of hydrogen-bond acceptors (Lipinski definition) is 5. The van der Waals surface area contributed by atoms with E-state index in [0.717, 1.165) is 6.42 Å². The first-order valence-electron chi connectivity index (χ1n) is 8.56. The summed E-state index contributed by atoms with van der Waals surface area (Å²) in [5, 5.41) is 2.88. The van der Waals surface area contributed by atoms with E-state index in [1.54, 1.807) is 31.4 Å². The van der Waals surface area contributed by atoms with E-state index in [9.17, 15) is 13.2 Å². The fourth-order valence-corrected chi connectivity index (χ4v) is 4.21. The van der Waals surface area contributed by atoms with Crippen LogP contribution >= 0.6 is 0 Å². The normalized spacial score (nSPS) is 17.9. The van der Waals surface area contributed by atoms with Crippen LogP contribution in [0.1, 0.15) is 20.3 Å². The summed E-state index contributed by atoms with van der Waals surface area (Å²) < 4.78 is 32.0. The number of amides is 1. The van der Waals surface area contributed by atoms with Crippen LogP contribution in [0.4, 0.5) is 0 Å². The molecule has 0 aromatic heterocycles. The number of piperazine rings is 1. The number of nitrogens with one attached hydrogen (secondary N) is 1. The number of benzene rings is 1. The lowest BCUT2D eigenvalue weighted by atomic mass is 10.2. The highest BCUT2D eigenvalue weighted by Gasteiger charge is 2.31. The predicted octanol–water partition coefficient (Wildman–Crippen LogP) is 0.916. The second kappa shape index (κ2) is 8.64. The number of hydrogen-bond donors (Lipinski definition) is 1. The van der Waals surface area contributed by atoms with Gasteiger partial charge in [-0.15, -0.1) is 0 Å². The van der Waals surface area contributed by atoms with Gasteiger partial charge in [-0.1, -0.05) is 6.92 Å². The smallest absolute Gasteiger partial charge is 0.243 e. The van der Waals surface area contributed by atoms with Gasteiger partial charge in [-0.2, -0.15) is 4.31 Å². The molecule has 8 heteroatoms. The lowest BCUT2D eigenvalue weighted by molar-refractivity contribution is -0.126. The number of rotatable bonds is 7. The zero-order valence-corrected chi connectivity index (χ0v) is 15.9. The third kappa shape index (κ3) is 4.71. The van der Waals surface area contributed by atoms with Crippen molar-refractivity contribution in [1.29, 1.82) is 0 Å². The van der Waals surface area contributed by atoms with Crippen molar-refractivity contribution in [3.05, 3.63) is 24.3 Å². The van der Waals surface area contributed by atoms with Crippen LogP contribution in [0, 0.1) is 0 Å². The van der Waals surface area contributed by atoms with Crippen LogP contribution in [-0.2, 0) is 14.8 Å². The Labute approximate surface area is 150 Å². The van der Waals surface area contributed by atoms with Gasteiger partial charge >= 0.3 is 0 Å². The maximum Gasteiger partial charge on any atom is 0.243 e. The third-order valence-electron chi connectivity index (χ3n) is 4.45. The largest absolute Gasteiger partial charge is 0.497 e. The lowest BCUT2D eigenvalue weighted by Crippen LogP contribution is -2.54. The zero-order valence-electron chi connectivity index (χ0n) is 15.1. The second-order valence-corrected chi connectivity index (χ2v) is 8.02. The van der Waals surface area contributed by atoms with Crippen molar-refractivity contribution in [2.45, 2.75) is 31.2 Å². The van der Waals surface area contributed by atoms with Crippen LogP contribution in [0.15, 0.2) is 29.2 Å². The van der Waals surface area contributed by atoms with Crippen molar-refractivity contribution in [1.82, 2.24) is 14.5 Å². The summed E-state index contributed by atoms with van der Waals surface area (Å²) in [7, 11) is -1.98. The van der Waals surface area contributed by atoms with Crippen molar-refractivity contribution in [2.24, 2.45) is 0 Å². The molecule has 1 amide bonds. The van der Waals surface area contributed by atoms with Gasteiger partial charge in [0.25, 0.3) is 0 Å². The van der Waals surface area contributed by atoms with Gasteiger partial charge in [-0.3, -0.25) is 9.69 Å². The van der Waals surface area contributed by atoms with Gasteiger partial charge in [-0.05, 0) is 37.6 Å². The van der Waals surface area contributed by atoms with Gasteiger partial charge in [0.15, 0.2) is 0 Å². The Morgan fingerprint density at radius 1 is 1.20 bits per heavy atom. The molecule has 1 heterocycles. The number of sulfonamides is 1. The van der Waals surface area contributed by atoms with Gasteiger partial charge in [-0.25, -0.2) is 8.42 Å². The summed E-state index contributed by atoms with van der Waals surface area (Å²) in [6, 6.07) is 6.15. The van der Waals surface area contributed by atoms with E-state index in [2.05, 4.69) is 5.32 Å². The highest BCUT2D eigenvalue weighted by molar-refractivity contribution is 7.89. The molecule has 7 nitrogen and oxygen atoms in total. The molecule has 2 rings (SSSR count). The average molecular weight is 369 g/mol. The van der Waals surface area contributed by atoms with Gasteiger partial charge in [0, 0.05) is 32.7 Å². The summed E-state index contributed by atoms with van der Waals surface area (Å²) in [4.78, 5) is 14.3. The highest BCUT2D eigenvalue weighted by atomic mass is 32.2. The van der Waals surface area contributed by atoms with Gasteiger partial charge in [0.2, 0.25) is 15.9 Å². The van der Waals surface area contributed by atoms with Crippen molar-refractivity contribution < 1.29 is 17.9 Å². The maximum atomic E-state index is 12.7. The Bertz CT molecular complexity index is 668. The minimum Gasteiger partial charge on any atom is -0.497 e. The molecular formula is C17H27N3O4S. The van der Waals surface area contributed by atoms with E-state index in [-0.39, 0.29) is 16.8 Å². The first kappa shape index (κ1) is 19.7. The Morgan fingerprint density at radius 3 is 2.32 bits per heavy atom. The predicted molar refractivity (Wildman–Crippen MR) is 96.1 cm³/mol. The molecule has 1 aromatic carbocycles. The lowest BCUT2D eigenvalue weighted by Gasteiger charge is -2.36. The molecule has 25 heavy (non-hydrogen) atoms. The average Bonchev–Trinajstić information content (AvgIpc) is 2.65. The van der Waals surface area contributed by atoms with Crippen molar-refractivity contribution in [2.75, 3.05) is 39.8 Å². The maximum absolute atomic E-state index is 12.7. The van der Waals surface area contributed by atoms with Crippen LogP contribution in [-0.4, -0.2) is 69.4 Å². The molecule has 0 radical (unpaired) electrons. The molecular weight excluding hydrogens is 342 g/mol. The number of methoxy groups -OCH3 is 1. The number of carbonyl (C=O) groups excluding carboxylic acids is 1. The van der Waals surface area contributed by atoms with E-state index in [1.165, 1.54) is 4.31 Å².